The Hall–Kier alpha value is -5.39. The van der Waals surface area contributed by atoms with E-state index in [1.54, 1.807) is 30.3 Å². The van der Waals surface area contributed by atoms with Crippen molar-refractivity contribution >= 4 is 23.2 Å². The molecule has 4 rings (SSSR count). The molecule has 41 heavy (non-hydrogen) atoms. The number of nitrogens with two attached hydrogens (primary N) is 1. The number of alkyl halides is 3. The number of hydrogen-bond acceptors (Lipinski definition) is 6. The van der Waals surface area contributed by atoms with Gasteiger partial charge in [-0.2, -0.15) is 13.2 Å². The number of amides is 2. The van der Waals surface area contributed by atoms with Crippen LogP contribution in [-0.4, -0.2) is 34.5 Å². The number of benzene rings is 2. The number of anilines is 1. The monoisotopic (exact) mass is 562 g/mol. The molecular formula is C29H22F4N6O2. The van der Waals surface area contributed by atoms with Crippen molar-refractivity contribution in [1.82, 2.24) is 15.3 Å². The second-order valence-corrected chi connectivity index (χ2v) is 8.65. The molecule has 0 atom stereocenters. The van der Waals surface area contributed by atoms with Crippen LogP contribution in [0.3, 0.4) is 0 Å². The molecule has 0 aliphatic carbocycles. The molecule has 0 aliphatic heterocycles. The first-order valence-corrected chi connectivity index (χ1v) is 12.0. The quantitative estimate of drug-likeness (QED) is 0.168. The molecule has 2 aromatic carbocycles. The highest BCUT2D eigenvalue weighted by Crippen LogP contribution is 2.35. The number of aromatic nitrogens is 2. The van der Waals surface area contributed by atoms with Crippen LogP contribution in [0.15, 0.2) is 85.3 Å². The molecular weight excluding hydrogens is 540 g/mol. The summed E-state index contributed by atoms with van der Waals surface area (Å²) in [5.74, 6) is -3.14. The van der Waals surface area contributed by atoms with Crippen molar-refractivity contribution in [3.63, 3.8) is 0 Å². The summed E-state index contributed by atoms with van der Waals surface area (Å²) in [6.07, 6.45) is 0.0787. The van der Waals surface area contributed by atoms with Gasteiger partial charge in [-0.15, -0.1) is 0 Å². The maximum atomic E-state index is 15.0. The Kier molecular flexibility index (Phi) is 8.22. The van der Waals surface area contributed by atoms with E-state index >= 15 is 0 Å². The van der Waals surface area contributed by atoms with Gasteiger partial charge in [0.25, 0.3) is 5.91 Å². The summed E-state index contributed by atoms with van der Waals surface area (Å²) in [4.78, 5) is 33.3. The molecule has 0 fully saturated rings. The highest BCUT2D eigenvalue weighted by molar-refractivity contribution is 6.11. The number of allylic oxidation sites excluding steroid dienone is 1. The van der Waals surface area contributed by atoms with Crippen molar-refractivity contribution in [2.75, 3.05) is 12.4 Å². The molecule has 0 unspecified atom stereocenters. The number of primary amides is 1. The minimum atomic E-state index is -4.97. The molecule has 2 amide bonds. The first-order valence-electron chi connectivity index (χ1n) is 12.0. The first-order chi connectivity index (χ1) is 19.5. The Morgan fingerprint density at radius 1 is 0.951 bits per heavy atom. The number of halogens is 4. The zero-order chi connectivity index (χ0) is 29.7. The maximum absolute atomic E-state index is 15.0. The summed E-state index contributed by atoms with van der Waals surface area (Å²) >= 11 is 0. The number of nitrogens with one attached hydrogen (secondary N) is 3. The molecule has 2 aromatic heterocycles. The Balaban J connectivity index is 1.80. The molecule has 0 saturated carbocycles. The molecule has 4 aromatic rings. The molecule has 0 radical (unpaired) electrons. The fourth-order valence-electron chi connectivity index (χ4n) is 3.89. The van der Waals surface area contributed by atoms with Gasteiger partial charge in [-0.1, -0.05) is 30.3 Å². The fourth-order valence-corrected chi connectivity index (χ4v) is 3.89. The minimum Gasteiger partial charge on any atom is -0.394 e. The Morgan fingerprint density at radius 2 is 1.68 bits per heavy atom. The molecule has 8 nitrogen and oxygen atoms in total. The van der Waals surface area contributed by atoms with Gasteiger partial charge in [0.1, 0.15) is 5.82 Å². The molecule has 2 heterocycles. The van der Waals surface area contributed by atoms with Gasteiger partial charge in [0.15, 0.2) is 0 Å². The predicted octanol–water partition coefficient (Wildman–Crippen LogP) is 5.42. The number of nitrogens with zero attached hydrogens (tertiary/aromatic N) is 2. The van der Waals surface area contributed by atoms with Crippen molar-refractivity contribution in [2.45, 2.75) is 6.18 Å². The van der Waals surface area contributed by atoms with Gasteiger partial charge in [-0.25, -0.2) is 4.39 Å². The van der Waals surface area contributed by atoms with Crippen LogP contribution in [-0.2, 0) is 6.18 Å². The van der Waals surface area contributed by atoms with E-state index in [2.05, 4.69) is 20.6 Å². The Morgan fingerprint density at radius 3 is 2.29 bits per heavy atom. The van der Waals surface area contributed by atoms with Crippen LogP contribution in [0.1, 0.15) is 31.8 Å². The molecule has 0 saturated heterocycles. The number of hydrogen-bond donors (Lipinski definition) is 4. The average molecular weight is 563 g/mol. The second kappa shape index (κ2) is 11.8. The number of carbonyl (C=O) groups excluding carboxylic acids is 2. The van der Waals surface area contributed by atoms with Crippen molar-refractivity contribution in [3.05, 3.63) is 113 Å². The van der Waals surface area contributed by atoms with Crippen LogP contribution in [0, 0.1) is 11.2 Å². The van der Waals surface area contributed by atoms with E-state index < -0.39 is 46.2 Å². The van der Waals surface area contributed by atoms with Gasteiger partial charge in [0.05, 0.1) is 39.5 Å². The van der Waals surface area contributed by atoms with Gasteiger partial charge >= 0.3 is 6.18 Å². The third kappa shape index (κ3) is 6.44. The van der Waals surface area contributed by atoms with E-state index in [4.69, 9.17) is 11.1 Å². The normalized spacial score (nSPS) is 11.3. The topological polar surface area (TPSA) is 134 Å². The lowest BCUT2D eigenvalue weighted by molar-refractivity contribution is -0.137. The highest BCUT2D eigenvalue weighted by Gasteiger charge is 2.36. The summed E-state index contributed by atoms with van der Waals surface area (Å²) in [6.45, 7) is 0. The van der Waals surface area contributed by atoms with Crippen LogP contribution in [0.5, 0.6) is 0 Å². The molecule has 0 spiro atoms. The Labute approximate surface area is 231 Å². The molecule has 208 valence electrons. The first kappa shape index (κ1) is 28.6. The average Bonchev–Trinajstić information content (AvgIpc) is 2.95. The van der Waals surface area contributed by atoms with Crippen LogP contribution < -0.4 is 16.4 Å². The zero-order valence-corrected chi connectivity index (χ0v) is 21.4. The predicted molar refractivity (Wildman–Crippen MR) is 146 cm³/mol. The van der Waals surface area contributed by atoms with Gasteiger partial charge in [-0.3, -0.25) is 19.6 Å². The lowest BCUT2D eigenvalue weighted by atomic mass is 9.98. The van der Waals surface area contributed by atoms with E-state index in [0.717, 1.165) is 6.08 Å². The molecule has 0 bridgehead atoms. The summed E-state index contributed by atoms with van der Waals surface area (Å²) in [5, 5.41) is 13.2. The molecule has 12 heteroatoms. The Bertz CT molecular complexity index is 1650. The lowest BCUT2D eigenvalue weighted by Crippen LogP contribution is -2.19. The van der Waals surface area contributed by atoms with Gasteiger partial charge in [0, 0.05) is 36.1 Å². The summed E-state index contributed by atoms with van der Waals surface area (Å²) in [5.41, 5.74) is 3.90. The van der Waals surface area contributed by atoms with Crippen molar-refractivity contribution in [3.8, 4) is 22.5 Å². The van der Waals surface area contributed by atoms with E-state index in [0.29, 0.717) is 28.6 Å². The van der Waals surface area contributed by atoms with Crippen LogP contribution >= 0.6 is 0 Å². The van der Waals surface area contributed by atoms with E-state index in [1.807, 2.05) is 0 Å². The van der Waals surface area contributed by atoms with Gasteiger partial charge in [-0.05, 0) is 42.6 Å². The highest BCUT2D eigenvalue weighted by atomic mass is 19.4. The van der Waals surface area contributed by atoms with Gasteiger partial charge < -0.3 is 21.8 Å². The third-order valence-electron chi connectivity index (χ3n) is 5.89. The van der Waals surface area contributed by atoms with Crippen LogP contribution in [0.2, 0.25) is 0 Å². The zero-order valence-electron chi connectivity index (χ0n) is 21.4. The largest absolute Gasteiger partial charge is 0.417 e. The third-order valence-corrected chi connectivity index (χ3v) is 5.89. The lowest BCUT2D eigenvalue weighted by Gasteiger charge is -2.16. The minimum absolute atomic E-state index is 0.116. The summed E-state index contributed by atoms with van der Waals surface area (Å²) < 4.78 is 56.0. The van der Waals surface area contributed by atoms with E-state index in [1.165, 1.54) is 43.8 Å². The van der Waals surface area contributed by atoms with Crippen molar-refractivity contribution in [2.24, 2.45) is 5.73 Å². The van der Waals surface area contributed by atoms with Crippen molar-refractivity contribution < 1.29 is 27.2 Å². The summed E-state index contributed by atoms with van der Waals surface area (Å²) in [6, 6.07) is 14.1. The smallest absolute Gasteiger partial charge is 0.394 e. The van der Waals surface area contributed by atoms with Gasteiger partial charge in [0.2, 0.25) is 5.91 Å². The summed E-state index contributed by atoms with van der Waals surface area (Å²) in [7, 11) is 1.49. The maximum Gasteiger partial charge on any atom is 0.417 e. The van der Waals surface area contributed by atoms with E-state index in [-0.39, 0.29) is 17.3 Å². The molecule has 0 aliphatic rings. The second-order valence-electron chi connectivity index (χ2n) is 8.65. The van der Waals surface area contributed by atoms with Crippen molar-refractivity contribution in [1.29, 1.82) is 5.41 Å². The van der Waals surface area contributed by atoms with E-state index in [9.17, 15) is 27.2 Å². The van der Waals surface area contributed by atoms with Crippen LogP contribution in [0.25, 0.3) is 22.5 Å². The number of carbonyl (C=O) groups is 2. The standard InChI is InChI=1S/C29H22F4N6O2/c1-36-10-9-23(34)19-12-20(22(30)13-21(19)29(31,32)33)28(41)39-25-11-18(24-8-7-17(14-37-24)27(35)40)15-38-26(25)16-5-3-2-4-6-16/h2-15,34,36H,1H3,(H2,35,40)(H,39,41)/b10-9-,34-23?. The molecule has 5 N–H and O–H groups in total. The number of rotatable bonds is 8. The van der Waals surface area contributed by atoms with Crippen LogP contribution in [0.4, 0.5) is 23.2 Å². The fraction of sp³-hybridized carbons (Fsp3) is 0.0690. The number of pyridine rings is 2. The SMILES string of the molecule is CN/C=C\C(=N)c1cc(C(=O)Nc2cc(-c3ccc(C(N)=O)cn3)cnc2-c2ccccc2)c(F)cc1C(F)(F)F.